The first kappa shape index (κ1) is 16.8. The number of rotatable bonds is 2. The number of carbonyl (C=O) groups is 1. The zero-order valence-electron chi connectivity index (χ0n) is 14.8. The zero-order chi connectivity index (χ0) is 18.1. The number of aryl methyl sites for hydroxylation is 1. The molecule has 7 nitrogen and oxygen atoms in total. The van der Waals surface area contributed by atoms with Gasteiger partial charge in [-0.05, 0) is 19.1 Å². The largest absolute Gasteiger partial charge is 0.378 e. The van der Waals surface area contributed by atoms with Gasteiger partial charge in [0.25, 0.3) is 11.5 Å². The van der Waals surface area contributed by atoms with Crippen LogP contribution in [0.25, 0.3) is 0 Å². The zero-order valence-corrected chi connectivity index (χ0v) is 14.8. The molecule has 136 valence electrons. The van der Waals surface area contributed by atoms with E-state index in [-0.39, 0.29) is 11.5 Å². The van der Waals surface area contributed by atoms with E-state index in [0.29, 0.717) is 49.8 Å². The molecule has 4 rings (SSSR count). The number of anilines is 1. The van der Waals surface area contributed by atoms with Crippen molar-refractivity contribution in [3.05, 3.63) is 57.0 Å². The summed E-state index contributed by atoms with van der Waals surface area (Å²) in [6.07, 6.45) is 0.591. The smallest absolute Gasteiger partial charge is 0.257 e. The molecular formula is C19H22N4O3. The molecule has 1 saturated heterocycles. The van der Waals surface area contributed by atoms with Crippen molar-refractivity contribution < 1.29 is 9.53 Å². The van der Waals surface area contributed by atoms with Crippen LogP contribution in [0.4, 0.5) is 5.95 Å². The van der Waals surface area contributed by atoms with Gasteiger partial charge in [-0.3, -0.25) is 14.6 Å². The van der Waals surface area contributed by atoms with Crippen molar-refractivity contribution in [3.63, 3.8) is 0 Å². The minimum absolute atomic E-state index is 0.0488. The van der Waals surface area contributed by atoms with Gasteiger partial charge in [0.1, 0.15) is 0 Å². The number of aromatic nitrogens is 2. The predicted octanol–water partition coefficient (Wildman–Crippen LogP) is 1.11. The third kappa shape index (κ3) is 3.22. The summed E-state index contributed by atoms with van der Waals surface area (Å²) in [5.41, 5.74) is 2.99. The normalized spacial score (nSPS) is 17.1. The Morgan fingerprint density at radius 3 is 2.62 bits per heavy atom. The Bertz CT molecular complexity index is 869. The van der Waals surface area contributed by atoms with E-state index in [0.717, 1.165) is 24.3 Å². The number of amides is 1. The highest BCUT2D eigenvalue weighted by atomic mass is 16.5. The molecule has 1 N–H and O–H groups in total. The summed E-state index contributed by atoms with van der Waals surface area (Å²) in [7, 11) is 0. The van der Waals surface area contributed by atoms with Crippen LogP contribution in [0.1, 0.15) is 27.2 Å². The summed E-state index contributed by atoms with van der Waals surface area (Å²) in [6.45, 7) is 5.58. The quantitative estimate of drug-likeness (QED) is 0.874. The van der Waals surface area contributed by atoms with Gasteiger partial charge in [0.2, 0.25) is 5.95 Å². The first-order valence-corrected chi connectivity index (χ1v) is 8.92. The number of hydrogen-bond acceptors (Lipinski definition) is 5. The Morgan fingerprint density at radius 2 is 1.88 bits per heavy atom. The van der Waals surface area contributed by atoms with Crippen LogP contribution >= 0.6 is 0 Å². The molecule has 2 aliphatic heterocycles. The third-order valence-electron chi connectivity index (χ3n) is 4.95. The molecule has 0 aliphatic carbocycles. The molecule has 2 aliphatic rings. The van der Waals surface area contributed by atoms with Gasteiger partial charge in [0, 0.05) is 31.6 Å². The maximum Gasteiger partial charge on any atom is 0.257 e. The molecule has 2 aromatic rings. The molecule has 0 atom stereocenters. The number of H-pyrrole nitrogens is 1. The predicted molar refractivity (Wildman–Crippen MR) is 97.5 cm³/mol. The maximum absolute atomic E-state index is 12.7. The van der Waals surface area contributed by atoms with Crippen LogP contribution in [-0.2, 0) is 17.7 Å². The second kappa shape index (κ2) is 6.92. The van der Waals surface area contributed by atoms with Gasteiger partial charge in [-0.1, -0.05) is 17.7 Å². The van der Waals surface area contributed by atoms with Crippen LogP contribution in [0, 0.1) is 6.92 Å². The number of fused-ring (bicyclic) bond motifs is 1. The monoisotopic (exact) mass is 354 g/mol. The molecule has 0 saturated carbocycles. The van der Waals surface area contributed by atoms with E-state index >= 15 is 0 Å². The van der Waals surface area contributed by atoms with Crippen molar-refractivity contribution in [1.29, 1.82) is 0 Å². The van der Waals surface area contributed by atoms with Crippen LogP contribution < -0.4 is 10.5 Å². The van der Waals surface area contributed by atoms with Crippen molar-refractivity contribution in [3.8, 4) is 0 Å². The molecule has 1 aromatic heterocycles. The minimum atomic E-state index is -0.155. The summed E-state index contributed by atoms with van der Waals surface area (Å²) >= 11 is 0. The molecule has 1 amide bonds. The second-order valence-corrected chi connectivity index (χ2v) is 6.76. The van der Waals surface area contributed by atoms with Gasteiger partial charge in [-0.25, -0.2) is 4.98 Å². The number of morpholine rings is 1. The van der Waals surface area contributed by atoms with Crippen molar-refractivity contribution in [2.75, 3.05) is 37.7 Å². The summed E-state index contributed by atoms with van der Waals surface area (Å²) in [5.74, 6) is 0.558. The van der Waals surface area contributed by atoms with E-state index in [4.69, 9.17) is 4.74 Å². The Labute approximate surface area is 151 Å². The molecule has 1 fully saturated rings. The number of benzene rings is 1. The Balaban J connectivity index is 1.56. The van der Waals surface area contributed by atoms with E-state index in [1.807, 2.05) is 36.1 Å². The van der Waals surface area contributed by atoms with Gasteiger partial charge in [0.15, 0.2) is 0 Å². The Kier molecular flexibility index (Phi) is 4.46. The van der Waals surface area contributed by atoms with Crippen molar-refractivity contribution in [2.24, 2.45) is 0 Å². The van der Waals surface area contributed by atoms with E-state index < -0.39 is 0 Å². The lowest BCUT2D eigenvalue weighted by Crippen LogP contribution is -2.42. The molecule has 0 spiro atoms. The first-order chi connectivity index (χ1) is 12.6. The molecular weight excluding hydrogens is 332 g/mol. The van der Waals surface area contributed by atoms with Gasteiger partial charge in [-0.2, -0.15) is 0 Å². The number of aromatic amines is 1. The number of nitrogens with one attached hydrogen (secondary N) is 1. The Hall–Kier alpha value is -2.67. The van der Waals surface area contributed by atoms with E-state index in [1.165, 1.54) is 0 Å². The molecule has 0 radical (unpaired) electrons. The first-order valence-electron chi connectivity index (χ1n) is 8.92. The molecule has 3 heterocycles. The number of hydrogen-bond donors (Lipinski definition) is 1. The average molecular weight is 354 g/mol. The molecule has 7 heteroatoms. The topological polar surface area (TPSA) is 78.5 Å². The number of ether oxygens (including phenoxy) is 1. The van der Waals surface area contributed by atoms with Gasteiger partial charge < -0.3 is 14.5 Å². The van der Waals surface area contributed by atoms with E-state index in [1.54, 1.807) is 4.90 Å². The standard InChI is InChI=1S/C19H22N4O3/c1-13-2-4-14(5-3-13)18(25)23-7-6-16-15(12-23)17(24)21-19(20-16)22-8-10-26-11-9-22/h2-5H,6-12H2,1H3,(H,20,21,24). The molecule has 0 unspecified atom stereocenters. The summed E-state index contributed by atoms with van der Waals surface area (Å²) in [5, 5.41) is 0. The summed E-state index contributed by atoms with van der Waals surface area (Å²) < 4.78 is 5.35. The lowest BCUT2D eigenvalue weighted by molar-refractivity contribution is 0.0732. The number of carbonyl (C=O) groups excluding carboxylic acids is 1. The lowest BCUT2D eigenvalue weighted by atomic mass is 10.1. The molecule has 1 aromatic carbocycles. The lowest BCUT2D eigenvalue weighted by Gasteiger charge is -2.30. The van der Waals surface area contributed by atoms with E-state index in [9.17, 15) is 9.59 Å². The second-order valence-electron chi connectivity index (χ2n) is 6.76. The molecule has 26 heavy (non-hydrogen) atoms. The fraction of sp³-hybridized carbons (Fsp3) is 0.421. The van der Waals surface area contributed by atoms with Crippen LogP contribution in [0.2, 0.25) is 0 Å². The highest BCUT2D eigenvalue weighted by Crippen LogP contribution is 2.19. The Morgan fingerprint density at radius 1 is 1.15 bits per heavy atom. The third-order valence-corrected chi connectivity index (χ3v) is 4.95. The minimum Gasteiger partial charge on any atom is -0.378 e. The maximum atomic E-state index is 12.7. The van der Waals surface area contributed by atoms with Crippen LogP contribution in [0.3, 0.4) is 0 Å². The average Bonchev–Trinajstić information content (AvgIpc) is 2.68. The van der Waals surface area contributed by atoms with Crippen LogP contribution in [0.5, 0.6) is 0 Å². The van der Waals surface area contributed by atoms with Crippen LogP contribution in [0.15, 0.2) is 29.1 Å². The fourth-order valence-electron chi connectivity index (χ4n) is 3.39. The van der Waals surface area contributed by atoms with E-state index in [2.05, 4.69) is 9.97 Å². The summed E-state index contributed by atoms with van der Waals surface area (Å²) in [4.78, 5) is 36.6. The highest BCUT2D eigenvalue weighted by molar-refractivity contribution is 5.94. The van der Waals surface area contributed by atoms with Crippen molar-refractivity contribution in [2.45, 2.75) is 19.9 Å². The van der Waals surface area contributed by atoms with Crippen molar-refractivity contribution >= 4 is 11.9 Å². The van der Waals surface area contributed by atoms with Crippen molar-refractivity contribution in [1.82, 2.24) is 14.9 Å². The number of nitrogens with zero attached hydrogens (tertiary/aromatic N) is 3. The van der Waals surface area contributed by atoms with Gasteiger partial charge >= 0.3 is 0 Å². The SMILES string of the molecule is Cc1ccc(C(=O)N2CCc3nc(N4CCOCC4)[nH]c(=O)c3C2)cc1. The van der Waals surface area contributed by atoms with Crippen LogP contribution in [-0.4, -0.2) is 53.6 Å². The fourth-order valence-corrected chi connectivity index (χ4v) is 3.39. The highest BCUT2D eigenvalue weighted by Gasteiger charge is 2.26. The summed E-state index contributed by atoms with van der Waals surface area (Å²) in [6, 6.07) is 7.51. The van der Waals surface area contributed by atoms with Gasteiger partial charge in [-0.15, -0.1) is 0 Å². The van der Waals surface area contributed by atoms with Gasteiger partial charge in [0.05, 0.1) is 31.0 Å². The molecule has 0 bridgehead atoms.